The van der Waals surface area contributed by atoms with Crippen molar-refractivity contribution < 1.29 is 14.4 Å². The molecule has 138 valence electrons. The van der Waals surface area contributed by atoms with E-state index in [1.807, 2.05) is 0 Å². The number of hydroxylamine groups is 3. The summed E-state index contributed by atoms with van der Waals surface area (Å²) in [5.41, 5.74) is 4.62. The zero-order valence-corrected chi connectivity index (χ0v) is 15.5. The summed E-state index contributed by atoms with van der Waals surface area (Å²) in [6.07, 6.45) is 1.48. The molecule has 3 N–H and O–H groups in total. The number of nitrogens with zero attached hydrogens (tertiary/aromatic N) is 2. The minimum atomic E-state index is -1.46. The van der Waals surface area contributed by atoms with Gasteiger partial charge < -0.3 is 20.3 Å². The summed E-state index contributed by atoms with van der Waals surface area (Å²) in [7, 11) is 0. The van der Waals surface area contributed by atoms with Crippen LogP contribution in [0.15, 0.2) is 59.4 Å². The Morgan fingerprint density at radius 2 is 2.04 bits per heavy atom. The number of rotatable bonds is 5. The molecule has 3 rings (SSSR count). The van der Waals surface area contributed by atoms with Gasteiger partial charge in [-0.25, -0.2) is 0 Å². The fraction of sp³-hybridized carbons (Fsp3) is 0.278. The Morgan fingerprint density at radius 1 is 1.31 bits per heavy atom. The number of hydrazine groups is 1. The number of benzene rings is 1. The van der Waals surface area contributed by atoms with E-state index in [-0.39, 0.29) is 5.70 Å². The first-order chi connectivity index (χ1) is 12.2. The van der Waals surface area contributed by atoms with Gasteiger partial charge in [0.1, 0.15) is 11.2 Å². The van der Waals surface area contributed by atoms with Crippen LogP contribution in [0.4, 0.5) is 5.69 Å². The van der Waals surface area contributed by atoms with Crippen LogP contribution in [0.25, 0.3) is 0 Å². The first-order valence-corrected chi connectivity index (χ1v) is 8.41. The molecule has 1 aliphatic heterocycles. The summed E-state index contributed by atoms with van der Waals surface area (Å²) in [5, 5.41) is 25.5. The van der Waals surface area contributed by atoms with Crippen molar-refractivity contribution in [3.05, 3.63) is 70.9 Å². The molecule has 0 unspecified atom stereocenters. The first-order valence-electron chi connectivity index (χ1n) is 8.04. The highest BCUT2D eigenvalue weighted by atomic mass is 35.5. The van der Waals surface area contributed by atoms with Gasteiger partial charge in [-0.15, -0.1) is 5.06 Å². The second-order valence-corrected chi connectivity index (χ2v) is 7.19. The van der Waals surface area contributed by atoms with Crippen LogP contribution in [-0.4, -0.2) is 31.9 Å². The third-order valence-corrected chi connectivity index (χ3v) is 4.86. The summed E-state index contributed by atoms with van der Waals surface area (Å²) < 4.78 is 6.10. The van der Waals surface area contributed by atoms with Crippen molar-refractivity contribution >= 4 is 23.0 Å². The Labute approximate surface area is 156 Å². The molecule has 0 amide bonds. The lowest BCUT2D eigenvalue weighted by molar-refractivity contribution is -0.573. The molecule has 2 aromatic rings. The minimum absolute atomic E-state index is 0.254. The Kier molecular flexibility index (Phi) is 4.47. The largest absolute Gasteiger partial charge is 0.622 e. The van der Waals surface area contributed by atoms with Gasteiger partial charge >= 0.3 is 0 Å². The maximum absolute atomic E-state index is 13.1. The topological polar surface area (TPSA) is 86.7 Å². The Morgan fingerprint density at radius 3 is 2.65 bits per heavy atom. The van der Waals surface area contributed by atoms with Gasteiger partial charge in [-0.3, -0.25) is 5.43 Å². The van der Waals surface area contributed by atoms with Crippen LogP contribution in [0.2, 0.25) is 5.02 Å². The SMILES string of the molecule is C=C(NNc1cccc(Cl)c1)[C@]1(C)N(O)C(C)(C)C(c2ccco2)=[N+]1[O-]. The molecule has 1 aromatic heterocycles. The molecule has 0 saturated heterocycles. The van der Waals surface area contributed by atoms with E-state index in [0.717, 1.165) is 5.06 Å². The minimum Gasteiger partial charge on any atom is -0.622 e. The molecule has 1 aliphatic rings. The summed E-state index contributed by atoms with van der Waals surface area (Å²) in [5.74, 6) is 0.392. The van der Waals surface area contributed by atoms with Crippen molar-refractivity contribution in [2.24, 2.45) is 0 Å². The number of hydrogen-bond donors (Lipinski definition) is 3. The highest BCUT2D eigenvalue weighted by Crippen LogP contribution is 2.38. The van der Waals surface area contributed by atoms with Crippen molar-refractivity contribution in [2.45, 2.75) is 32.0 Å². The molecule has 0 saturated carbocycles. The van der Waals surface area contributed by atoms with E-state index < -0.39 is 11.2 Å². The molecule has 0 fully saturated rings. The number of halogens is 1. The van der Waals surface area contributed by atoms with Crippen LogP contribution in [0.5, 0.6) is 0 Å². The van der Waals surface area contributed by atoms with Gasteiger partial charge in [0.05, 0.1) is 12.0 Å². The van der Waals surface area contributed by atoms with Crippen molar-refractivity contribution in [3.8, 4) is 0 Å². The number of anilines is 1. The maximum Gasteiger partial charge on any atom is 0.290 e. The molecular weight excluding hydrogens is 356 g/mol. The van der Waals surface area contributed by atoms with Gasteiger partial charge in [0.15, 0.2) is 5.76 Å². The third kappa shape index (κ3) is 2.74. The lowest BCUT2D eigenvalue weighted by Crippen LogP contribution is -2.56. The predicted molar refractivity (Wildman–Crippen MR) is 99.9 cm³/mol. The molecule has 0 spiro atoms. The smallest absolute Gasteiger partial charge is 0.290 e. The van der Waals surface area contributed by atoms with Crippen LogP contribution in [0, 0.1) is 5.21 Å². The van der Waals surface area contributed by atoms with Crippen molar-refractivity contribution in [3.63, 3.8) is 0 Å². The van der Waals surface area contributed by atoms with Gasteiger partial charge in [0.2, 0.25) is 0 Å². The van der Waals surface area contributed by atoms with Gasteiger partial charge in [-0.05, 0) is 44.2 Å². The summed E-state index contributed by atoms with van der Waals surface area (Å²) in [6.45, 7) is 8.98. The molecule has 2 heterocycles. The zero-order valence-electron chi connectivity index (χ0n) is 14.8. The van der Waals surface area contributed by atoms with E-state index in [2.05, 4.69) is 17.4 Å². The molecule has 0 bridgehead atoms. The van der Waals surface area contributed by atoms with E-state index >= 15 is 0 Å². The van der Waals surface area contributed by atoms with Gasteiger partial charge in [-0.2, -0.15) is 4.74 Å². The van der Waals surface area contributed by atoms with E-state index in [1.165, 1.54) is 6.26 Å². The monoisotopic (exact) mass is 376 g/mol. The maximum atomic E-state index is 13.1. The van der Waals surface area contributed by atoms with E-state index in [0.29, 0.717) is 26.9 Å². The third-order valence-electron chi connectivity index (χ3n) is 4.63. The standard InChI is InChI=1S/C18H21ClN4O3/c1-12(20-21-14-8-5-7-13(19)11-14)18(4)22(24)16(15-9-6-10-26-15)17(2,3)23(18)25/h5-11,20-21,25H,1H2,2-4H3/t18-/m0/s1. The highest BCUT2D eigenvalue weighted by molar-refractivity contribution is 6.30. The first kappa shape index (κ1) is 18.3. The lowest BCUT2D eigenvalue weighted by atomic mass is 9.96. The summed E-state index contributed by atoms with van der Waals surface area (Å²) in [6, 6.07) is 10.4. The van der Waals surface area contributed by atoms with Gasteiger partial charge in [-0.1, -0.05) is 24.2 Å². The molecule has 0 aliphatic carbocycles. The Bertz CT molecular complexity index is 863. The Balaban J connectivity index is 1.91. The molecule has 7 nitrogen and oxygen atoms in total. The van der Waals surface area contributed by atoms with Crippen molar-refractivity contribution in [1.82, 2.24) is 10.5 Å². The predicted octanol–water partition coefficient (Wildman–Crippen LogP) is 3.56. The van der Waals surface area contributed by atoms with Crippen molar-refractivity contribution in [2.75, 3.05) is 5.43 Å². The number of hydrogen-bond acceptors (Lipinski definition) is 6. The second-order valence-electron chi connectivity index (χ2n) is 6.75. The van der Waals surface area contributed by atoms with Crippen molar-refractivity contribution in [1.29, 1.82) is 0 Å². The van der Waals surface area contributed by atoms with Crippen LogP contribution in [0.1, 0.15) is 26.5 Å². The quantitative estimate of drug-likeness (QED) is 0.420. The lowest BCUT2D eigenvalue weighted by Gasteiger charge is -2.34. The normalized spacial score (nSPS) is 22.5. The van der Waals surface area contributed by atoms with Crippen LogP contribution < -0.4 is 10.9 Å². The average Bonchev–Trinajstić information content (AvgIpc) is 3.15. The second kappa shape index (κ2) is 6.35. The molecule has 1 aromatic carbocycles. The average molecular weight is 377 g/mol. The van der Waals surface area contributed by atoms with Crippen LogP contribution in [0.3, 0.4) is 0 Å². The van der Waals surface area contributed by atoms with Gasteiger partial charge in [0, 0.05) is 11.9 Å². The number of furan rings is 1. The van der Waals surface area contributed by atoms with E-state index in [4.69, 9.17) is 16.0 Å². The zero-order chi connectivity index (χ0) is 19.1. The van der Waals surface area contributed by atoms with E-state index in [9.17, 15) is 10.4 Å². The molecule has 0 radical (unpaired) electrons. The highest BCUT2D eigenvalue weighted by Gasteiger charge is 2.62. The molecule has 26 heavy (non-hydrogen) atoms. The molecule has 1 atom stereocenters. The van der Waals surface area contributed by atoms with E-state index in [1.54, 1.807) is 57.2 Å². The summed E-state index contributed by atoms with van der Waals surface area (Å²) in [4.78, 5) is 0. The Hall–Kier alpha value is -2.48. The number of nitrogens with one attached hydrogen (secondary N) is 2. The summed E-state index contributed by atoms with van der Waals surface area (Å²) >= 11 is 5.96. The fourth-order valence-electron chi connectivity index (χ4n) is 3.09. The fourth-order valence-corrected chi connectivity index (χ4v) is 3.28. The van der Waals surface area contributed by atoms with Crippen LogP contribution >= 0.6 is 11.6 Å². The van der Waals surface area contributed by atoms with Crippen LogP contribution in [-0.2, 0) is 0 Å². The molecular formula is C18H21ClN4O3. The van der Waals surface area contributed by atoms with Gasteiger partial charge in [0.25, 0.3) is 11.4 Å². The molecule has 8 heteroatoms.